The first-order chi connectivity index (χ1) is 5.16. The number of carbonyl (C=O) groups excluding carboxylic acids is 1. The summed E-state index contributed by atoms with van der Waals surface area (Å²) >= 11 is 0. The van der Waals surface area contributed by atoms with Gasteiger partial charge in [0.1, 0.15) is 0 Å². The van der Waals surface area contributed by atoms with Gasteiger partial charge in [0.25, 0.3) is 0 Å². The summed E-state index contributed by atoms with van der Waals surface area (Å²) in [6, 6.07) is 0. The Morgan fingerprint density at radius 1 is 1.55 bits per heavy atom. The van der Waals surface area contributed by atoms with E-state index in [2.05, 4.69) is 9.64 Å². The zero-order valence-electron chi connectivity index (χ0n) is 7.20. The Morgan fingerprint density at radius 3 is 2.55 bits per heavy atom. The molecule has 0 radical (unpaired) electrons. The van der Waals surface area contributed by atoms with Crippen LogP contribution in [0.15, 0.2) is 0 Å². The Morgan fingerprint density at radius 2 is 2.18 bits per heavy atom. The number of methoxy groups -OCH3 is 1. The minimum absolute atomic E-state index is 0.169. The average molecular weight is 158 g/mol. The van der Waals surface area contributed by atoms with E-state index in [9.17, 15) is 4.79 Å². The van der Waals surface area contributed by atoms with E-state index >= 15 is 0 Å². The first-order valence-electron chi connectivity index (χ1n) is 3.71. The quantitative estimate of drug-likeness (QED) is 0.510. The molecule has 1 heterocycles. The molecule has 1 rings (SSSR count). The Labute approximate surface area is 66.7 Å². The fourth-order valence-electron chi connectivity index (χ4n) is 1.24. The van der Waals surface area contributed by atoms with E-state index < -0.39 is 0 Å². The zero-order chi connectivity index (χ0) is 8.43. The van der Waals surface area contributed by atoms with E-state index in [1.54, 1.807) is 4.90 Å². The van der Waals surface area contributed by atoms with Crippen molar-refractivity contribution < 1.29 is 9.53 Å². The summed E-state index contributed by atoms with van der Waals surface area (Å²) in [5, 5.41) is 0. The number of amides is 1. The lowest BCUT2D eigenvalue weighted by Crippen LogP contribution is -2.38. The van der Waals surface area contributed by atoms with Crippen molar-refractivity contribution in [1.82, 2.24) is 9.80 Å². The van der Waals surface area contributed by atoms with Crippen LogP contribution in [0.3, 0.4) is 0 Å². The van der Waals surface area contributed by atoms with E-state index in [0.29, 0.717) is 0 Å². The lowest BCUT2D eigenvalue weighted by atomic mass is 10.5. The van der Waals surface area contributed by atoms with Gasteiger partial charge in [-0.15, -0.1) is 0 Å². The Kier molecular flexibility index (Phi) is 2.34. The molecular formula is C7H14N2O2. The van der Waals surface area contributed by atoms with Crippen molar-refractivity contribution >= 4 is 6.09 Å². The smallest absolute Gasteiger partial charge is 0.410 e. The molecule has 1 amide bonds. The minimum Gasteiger partial charge on any atom is -0.453 e. The van der Waals surface area contributed by atoms with Crippen LogP contribution in [0.5, 0.6) is 0 Å². The maximum atomic E-state index is 11.0. The third kappa shape index (κ3) is 1.45. The number of rotatable bonds is 0. The second-order valence-corrected chi connectivity index (χ2v) is 2.78. The van der Waals surface area contributed by atoms with Gasteiger partial charge in [0.05, 0.1) is 13.3 Å². The van der Waals surface area contributed by atoms with E-state index in [-0.39, 0.29) is 12.3 Å². The molecule has 0 saturated carbocycles. The molecule has 0 aromatic heterocycles. The standard InChI is InChI=1S/C7H14N2O2/c1-6-8(2)4-5-9(6)7(10)11-3/h6H,4-5H2,1-3H3. The van der Waals surface area contributed by atoms with Crippen LogP contribution in [-0.2, 0) is 4.74 Å². The maximum absolute atomic E-state index is 11.0. The highest BCUT2D eigenvalue weighted by Gasteiger charge is 2.29. The van der Waals surface area contributed by atoms with Gasteiger partial charge in [-0.05, 0) is 14.0 Å². The van der Waals surface area contributed by atoms with Crippen molar-refractivity contribution in [2.24, 2.45) is 0 Å². The van der Waals surface area contributed by atoms with Gasteiger partial charge in [0, 0.05) is 13.1 Å². The highest BCUT2D eigenvalue weighted by atomic mass is 16.5. The van der Waals surface area contributed by atoms with Crippen LogP contribution in [-0.4, -0.2) is 49.3 Å². The average Bonchev–Trinajstić information content (AvgIpc) is 2.32. The molecule has 1 aliphatic rings. The third-order valence-electron chi connectivity index (χ3n) is 2.19. The van der Waals surface area contributed by atoms with Gasteiger partial charge in [-0.25, -0.2) is 4.79 Å². The van der Waals surface area contributed by atoms with Crippen LogP contribution in [0, 0.1) is 0 Å². The van der Waals surface area contributed by atoms with Gasteiger partial charge in [-0.3, -0.25) is 9.80 Å². The van der Waals surface area contributed by atoms with Crippen molar-refractivity contribution in [2.75, 3.05) is 27.2 Å². The van der Waals surface area contributed by atoms with Gasteiger partial charge in [0.15, 0.2) is 0 Å². The molecule has 1 saturated heterocycles. The number of hydrogen-bond donors (Lipinski definition) is 0. The molecule has 1 fully saturated rings. The molecule has 0 N–H and O–H groups in total. The summed E-state index contributed by atoms with van der Waals surface area (Å²) in [5.74, 6) is 0. The number of likely N-dealkylation sites (N-methyl/N-ethyl adjacent to an activating group) is 1. The van der Waals surface area contributed by atoms with Gasteiger partial charge >= 0.3 is 6.09 Å². The van der Waals surface area contributed by atoms with Crippen LogP contribution >= 0.6 is 0 Å². The molecule has 0 aliphatic carbocycles. The highest BCUT2D eigenvalue weighted by Crippen LogP contribution is 2.11. The molecule has 1 aliphatic heterocycles. The lowest BCUT2D eigenvalue weighted by Gasteiger charge is -2.22. The minimum atomic E-state index is -0.234. The molecule has 0 bridgehead atoms. The third-order valence-corrected chi connectivity index (χ3v) is 2.19. The Balaban J connectivity index is 2.54. The van der Waals surface area contributed by atoms with Crippen LogP contribution in [0.2, 0.25) is 0 Å². The van der Waals surface area contributed by atoms with Gasteiger partial charge in [-0.2, -0.15) is 0 Å². The van der Waals surface area contributed by atoms with Crippen molar-refractivity contribution in [2.45, 2.75) is 13.1 Å². The largest absolute Gasteiger partial charge is 0.453 e. The summed E-state index contributed by atoms with van der Waals surface area (Å²) in [6.07, 6.45) is -0.0655. The summed E-state index contributed by atoms with van der Waals surface area (Å²) in [7, 11) is 3.40. The summed E-state index contributed by atoms with van der Waals surface area (Å²) in [4.78, 5) is 14.9. The molecule has 64 valence electrons. The van der Waals surface area contributed by atoms with Crippen molar-refractivity contribution in [3.8, 4) is 0 Å². The van der Waals surface area contributed by atoms with Crippen molar-refractivity contribution in [3.05, 3.63) is 0 Å². The second kappa shape index (κ2) is 3.09. The normalized spacial score (nSPS) is 25.7. The highest BCUT2D eigenvalue weighted by molar-refractivity contribution is 5.68. The van der Waals surface area contributed by atoms with E-state index in [0.717, 1.165) is 13.1 Å². The molecule has 0 aromatic rings. The van der Waals surface area contributed by atoms with Crippen LogP contribution in [0.4, 0.5) is 4.79 Å². The molecule has 0 aromatic carbocycles. The van der Waals surface area contributed by atoms with E-state index in [4.69, 9.17) is 0 Å². The topological polar surface area (TPSA) is 32.8 Å². The van der Waals surface area contributed by atoms with Crippen molar-refractivity contribution in [1.29, 1.82) is 0 Å². The second-order valence-electron chi connectivity index (χ2n) is 2.78. The number of ether oxygens (including phenoxy) is 1. The summed E-state index contributed by atoms with van der Waals surface area (Å²) < 4.78 is 4.61. The molecular weight excluding hydrogens is 144 g/mol. The van der Waals surface area contributed by atoms with Crippen LogP contribution in [0.25, 0.3) is 0 Å². The number of hydrogen-bond acceptors (Lipinski definition) is 3. The zero-order valence-corrected chi connectivity index (χ0v) is 7.20. The maximum Gasteiger partial charge on any atom is 0.410 e. The summed E-state index contributed by atoms with van der Waals surface area (Å²) in [5.41, 5.74) is 0. The Hall–Kier alpha value is -0.770. The molecule has 1 unspecified atom stereocenters. The fourth-order valence-corrected chi connectivity index (χ4v) is 1.24. The predicted octanol–water partition coefficient (Wildman–Crippen LogP) is 0.346. The first-order valence-corrected chi connectivity index (χ1v) is 3.71. The van der Waals surface area contributed by atoms with Gasteiger partial charge in [0.2, 0.25) is 0 Å². The molecule has 0 spiro atoms. The van der Waals surface area contributed by atoms with Gasteiger partial charge in [-0.1, -0.05) is 0 Å². The number of nitrogens with zero attached hydrogens (tertiary/aromatic N) is 2. The SMILES string of the molecule is COC(=O)N1CCN(C)C1C. The van der Waals surface area contributed by atoms with Crippen molar-refractivity contribution in [3.63, 3.8) is 0 Å². The summed E-state index contributed by atoms with van der Waals surface area (Å²) in [6.45, 7) is 3.69. The molecule has 4 nitrogen and oxygen atoms in total. The predicted molar refractivity (Wildman–Crippen MR) is 41.2 cm³/mol. The van der Waals surface area contributed by atoms with Gasteiger partial charge < -0.3 is 4.74 Å². The molecule has 1 atom stereocenters. The molecule has 11 heavy (non-hydrogen) atoms. The van der Waals surface area contributed by atoms with E-state index in [1.165, 1.54) is 7.11 Å². The number of carbonyl (C=O) groups is 1. The monoisotopic (exact) mass is 158 g/mol. The van der Waals surface area contributed by atoms with Crippen LogP contribution < -0.4 is 0 Å². The first kappa shape index (κ1) is 8.33. The molecule has 4 heteroatoms. The Bertz CT molecular complexity index is 161. The van der Waals surface area contributed by atoms with Crippen LogP contribution in [0.1, 0.15) is 6.92 Å². The van der Waals surface area contributed by atoms with E-state index in [1.807, 2.05) is 14.0 Å². The lowest BCUT2D eigenvalue weighted by molar-refractivity contribution is 0.105. The fraction of sp³-hybridized carbons (Fsp3) is 0.857.